The Hall–Kier alpha value is -9.96. The van der Waals surface area contributed by atoms with Crippen LogP contribution in [0.2, 0.25) is 0 Å². The third kappa shape index (κ3) is 7.05. The number of hydrogen-bond acceptors (Lipinski definition) is 2. The second-order valence-corrected chi connectivity index (χ2v) is 20.1. The highest BCUT2D eigenvalue weighted by molar-refractivity contribution is 6.19. The zero-order valence-corrected chi connectivity index (χ0v) is 41.7. The Labute approximate surface area is 441 Å². The van der Waals surface area contributed by atoms with E-state index in [1.807, 2.05) is 36.9 Å². The highest BCUT2D eigenvalue weighted by atomic mass is 15.0. The van der Waals surface area contributed by atoms with Crippen LogP contribution in [0.5, 0.6) is 0 Å². The minimum Gasteiger partial charge on any atom is -0.309 e. The molecule has 2 aliphatic rings. The van der Waals surface area contributed by atoms with Crippen molar-refractivity contribution in [3.05, 3.63) is 271 Å². The SMILES string of the molecule is C/C=C\C=c1\c(-c2cc(-c3ccc4c5c(cccc35)-c3ccccc3-4)cc(-n3c4ccc(-c5ccc(-c6cccnc6)cc5)cc4c4cc(-c5ccc(-c6cccnc6)cc5)ccc43)c2)ccc2c1=Cc1ccccc1-2. The van der Waals surface area contributed by atoms with Gasteiger partial charge in [0.1, 0.15) is 0 Å². The van der Waals surface area contributed by atoms with Crippen molar-refractivity contribution in [1.29, 1.82) is 0 Å². The van der Waals surface area contributed by atoms with Gasteiger partial charge in [-0.3, -0.25) is 9.97 Å². The number of pyridine rings is 2. The number of benzene rings is 10. The molecule has 0 unspecified atom stereocenters. The fourth-order valence-corrected chi connectivity index (χ4v) is 12.2. The predicted octanol–water partition coefficient (Wildman–Crippen LogP) is 17.5. The quantitative estimate of drug-likeness (QED) is 0.152. The summed E-state index contributed by atoms with van der Waals surface area (Å²) in [6.07, 6.45) is 16.5. The maximum absolute atomic E-state index is 4.38. The number of nitrogens with zero attached hydrogens (tertiary/aromatic N) is 3. The van der Waals surface area contributed by atoms with Gasteiger partial charge in [0.25, 0.3) is 0 Å². The Morgan fingerprint density at radius 3 is 1.47 bits per heavy atom. The monoisotopic (exact) mass is 965 g/mol. The van der Waals surface area contributed by atoms with Gasteiger partial charge in [0.15, 0.2) is 0 Å². The van der Waals surface area contributed by atoms with Crippen LogP contribution in [0, 0.1) is 0 Å². The van der Waals surface area contributed by atoms with Crippen LogP contribution in [0.25, 0.3) is 151 Å². The molecule has 0 saturated heterocycles. The van der Waals surface area contributed by atoms with Crippen molar-refractivity contribution < 1.29 is 0 Å². The van der Waals surface area contributed by atoms with Crippen molar-refractivity contribution in [2.45, 2.75) is 6.92 Å². The van der Waals surface area contributed by atoms with Crippen molar-refractivity contribution in [3.63, 3.8) is 0 Å². The first-order valence-electron chi connectivity index (χ1n) is 26.1. The van der Waals surface area contributed by atoms with Crippen molar-refractivity contribution in [2.75, 3.05) is 0 Å². The Balaban J connectivity index is 0.974. The molecule has 13 aromatic rings. The van der Waals surface area contributed by atoms with E-state index >= 15 is 0 Å². The van der Waals surface area contributed by atoms with Gasteiger partial charge in [-0.2, -0.15) is 0 Å². The van der Waals surface area contributed by atoms with Crippen LogP contribution >= 0.6 is 0 Å². The number of aromatic nitrogens is 3. The van der Waals surface area contributed by atoms with Crippen molar-refractivity contribution >= 4 is 44.7 Å². The van der Waals surface area contributed by atoms with Gasteiger partial charge in [-0.25, -0.2) is 0 Å². The van der Waals surface area contributed by atoms with Crippen LogP contribution in [-0.4, -0.2) is 14.5 Å². The van der Waals surface area contributed by atoms with Crippen molar-refractivity contribution in [3.8, 4) is 106 Å². The van der Waals surface area contributed by atoms with E-state index < -0.39 is 0 Å². The average Bonchev–Trinajstić information content (AvgIpc) is 4.19. The molecule has 0 saturated carbocycles. The number of hydrogen-bond donors (Lipinski definition) is 0. The molecule has 10 aromatic carbocycles. The zero-order chi connectivity index (χ0) is 50.3. The standard InChI is InChI=1S/C73H47N3/c1-2-3-14-61-59(30-32-64-58-15-5-4-11-52(58)43-68(61)64)55-38-56(60-31-33-67-63-17-7-6-16-62(63)66-19-8-18-65(60)73(66)67)40-57(39-55)76-71-34-28-50(46-20-24-48(25-21-46)53-12-9-36-74-44-53)41-69(71)70-42-51(29-35-72(70)76)47-22-26-49(27-23-47)54-13-10-37-75-45-54/h2-45H,1H3/b3-2-,61-14-. The third-order valence-corrected chi connectivity index (χ3v) is 15.8. The molecule has 3 heteroatoms. The minimum absolute atomic E-state index is 1.10. The first-order valence-corrected chi connectivity index (χ1v) is 26.1. The summed E-state index contributed by atoms with van der Waals surface area (Å²) in [6, 6.07) is 81.1. The summed E-state index contributed by atoms with van der Waals surface area (Å²) in [5, 5.41) is 7.43. The molecule has 3 heterocycles. The summed E-state index contributed by atoms with van der Waals surface area (Å²) in [5.41, 5.74) is 26.3. The smallest absolute Gasteiger partial charge is 0.0541 e. The molecule has 0 spiro atoms. The molecule has 0 N–H and O–H groups in total. The Morgan fingerprint density at radius 1 is 0.355 bits per heavy atom. The Bertz CT molecular complexity index is 4490. The molecule has 3 nitrogen and oxygen atoms in total. The van der Waals surface area contributed by atoms with E-state index in [1.54, 1.807) is 0 Å². The number of rotatable bonds is 8. The second-order valence-electron chi connectivity index (χ2n) is 20.1. The minimum atomic E-state index is 1.10. The molecule has 0 radical (unpaired) electrons. The van der Waals surface area contributed by atoms with E-state index in [0.717, 1.165) is 55.7 Å². The van der Waals surface area contributed by atoms with Crippen LogP contribution in [0.1, 0.15) is 12.5 Å². The molecular weight excluding hydrogens is 919 g/mol. The number of allylic oxidation sites excluding steroid dienone is 2. The van der Waals surface area contributed by atoms with Crippen molar-refractivity contribution in [1.82, 2.24) is 14.5 Å². The lowest BCUT2D eigenvalue weighted by atomic mass is 9.91. The molecule has 76 heavy (non-hydrogen) atoms. The summed E-state index contributed by atoms with van der Waals surface area (Å²) in [5.74, 6) is 0. The molecular formula is C73H47N3. The van der Waals surface area contributed by atoms with E-state index in [9.17, 15) is 0 Å². The lowest BCUT2D eigenvalue weighted by Gasteiger charge is -2.17. The molecule has 2 aliphatic carbocycles. The van der Waals surface area contributed by atoms with E-state index in [-0.39, 0.29) is 0 Å². The summed E-state index contributed by atoms with van der Waals surface area (Å²) in [6.45, 7) is 2.10. The number of fused-ring (bicyclic) bond motifs is 9. The van der Waals surface area contributed by atoms with E-state index in [2.05, 4.69) is 252 Å². The van der Waals surface area contributed by atoms with E-state index in [0.29, 0.717) is 0 Å². The lowest BCUT2D eigenvalue weighted by Crippen LogP contribution is -2.27. The Kier molecular flexibility index (Phi) is 10.1. The van der Waals surface area contributed by atoms with Crippen LogP contribution in [-0.2, 0) is 0 Å². The maximum Gasteiger partial charge on any atom is 0.0541 e. The van der Waals surface area contributed by atoms with Crippen molar-refractivity contribution in [2.24, 2.45) is 0 Å². The highest BCUT2D eigenvalue weighted by Crippen LogP contribution is 2.50. The maximum atomic E-state index is 4.38. The highest BCUT2D eigenvalue weighted by Gasteiger charge is 2.24. The molecule has 3 aromatic heterocycles. The van der Waals surface area contributed by atoms with Gasteiger partial charge in [-0.05, 0) is 195 Å². The molecule has 0 amide bonds. The second kappa shape index (κ2) is 17.6. The van der Waals surface area contributed by atoms with Crippen LogP contribution in [0.15, 0.2) is 255 Å². The Morgan fingerprint density at radius 2 is 0.868 bits per heavy atom. The van der Waals surface area contributed by atoms with Crippen LogP contribution in [0.3, 0.4) is 0 Å². The fraction of sp³-hybridized carbons (Fsp3) is 0.0137. The molecule has 0 fully saturated rings. The largest absolute Gasteiger partial charge is 0.309 e. The average molecular weight is 966 g/mol. The lowest BCUT2D eigenvalue weighted by molar-refractivity contribution is 1.18. The molecule has 354 valence electrons. The van der Waals surface area contributed by atoms with Gasteiger partial charge in [0.2, 0.25) is 0 Å². The zero-order valence-electron chi connectivity index (χ0n) is 41.7. The van der Waals surface area contributed by atoms with E-state index in [1.165, 1.54) is 98.7 Å². The molecule has 15 rings (SSSR count). The first kappa shape index (κ1) is 43.6. The van der Waals surface area contributed by atoms with Gasteiger partial charge in [0, 0.05) is 41.2 Å². The summed E-state index contributed by atoms with van der Waals surface area (Å²) in [4.78, 5) is 8.76. The van der Waals surface area contributed by atoms with Crippen LogP contribution in [0.4, 0.5) is 0 Å². The normalized spacial score (nSPS) is 12.4. The molecule has 0 atom stereocenters. The van der Waals surface area contributed by atoms with Gasteiger partial charge >= 0.3 is 0 Å². The van der Waals surface area contributed by atoms with Gasteiger partial charge in [-0.1, -0.05) is 182 Å². The summed E-state index contributed by atoms with van der Waals surface area (Å²) >= 11 is 0. The van der Waals surface area contributed by atoms with Gasteiger partial charge in [0.05, 0.1) is 11.0 Å². The molecule has 0 aliphatic heterocycles. The third-order valence-electron chi connectivity index (χ3n) is 15.8. The topological polar surface area (TPSA) is 30.7 Å². The first-order chi connectivity index (χ1) is 37.6. The fourth-order valence-electron chi connectivity index (χ4n) is 12.2. The summed E-state index contributed by atoms with van der Waals surface area (Å²) < 4.78 is 2.50. The van der Waals surface area contributed by atoms with Gasteiger partial charge < -0.3 is 4.57 Å². The predicted molar refractivity (Wildman–Crippen MR) is 318 cm³/mol. The summed E-state index contributed by atoms with van der Waals surface area (Å²) in [7, 11) is 0. The van der Waals surface area contributed by atoms with Gasteiger partial charge in [-0.15, -0.1) is 0 Å². The molecule has 0 bridgehead atoms. The van der Waals surface area contributed by atoms with Crippen LogP contribution < -0.4 is 10.4 Å². The van der Waals surface area contributed by atoms with E-state index in [4.69, 9.17) is 0 Å².